The lowest BCUT2D eigenvalue weighted by Gasteiger charge is -2.17. The van der Waals surface area contributed by atoms with Crippen LogP contribution < -0.4 is 21.5 Å². The largest absolute Gasteiger partial charge is 0.505 e. The number of phenolic OH excluding ortho intramolecular Hbond substituents is 1. The summed E-state index contributed by atoms with van der Waals surface area (Å²) in [5.74, 6) is -1.04. The molecule has 2 atom stereocenters. The first-order valence-corrected chi connectivity index (χ1v) is 9.13. The molecule has 0 saturated carbocycles. The Morgan fingerprint density at radius 3 is 2.71 bits per heavy atom. The summed E-state index contributed by atoms with van der Waals surface area (Å²) in [6.45, 7) is 2.30. The minimum atomic E-state index is -0.626. The summed E-state index contributed by atoms with van der Waals surface area (Å²) in [5, 5.41) is 15.6. The quantitative estimate of drug-likeness (QED) is 0.523. The van der Waals surface area contributed by atoms with Gasteiger partial charge in [0.1, 0.15) is 0 Å². The molecule has 1 aliphatic rings. The lowest BCUT2D eigenvalue weighted by Crippen LogP contribution is -2.36. The average Bonchev–Trinajstić information content (AvgIpc) is 3.07. The Hall–Kier alpha value is -2.68. The van der Waals surface area contributed by atoms with E-state index in [0.29, 0.717) is 13.0 Å². The molecular weight excluding hydrogens is 361 g/mol. The van der Waals surface area contributed by atoms with E-state index in [4.69, 9.17) is 0 Å². The van der Waals surface area contributed by atoms with Crippen LogP contribution in [0.2, 0.25) is 0 Å². The predicted octanol–water partition coefficient (Wildman–Crippen LogP) is 2.32. The lowest BCUT2D eigenvalue weighted by molar-refractivity contribution is -0.116. The van der Waals surface area contributed by atoms with Gasteiger partial charge in [0.25, 0.3) is 0 Å². The van der Waals surface area contributed by atoms with E-state index in [1.807, 2.05) is 44.1 Å². The van der Waals surface area contributed by atoms with Crippen LogP contribution in [0, 0.1) is 12.7 Å². The van der Waals surface area contributed by atoms with Crippen molar-refractivity contribution in [3.8, 4) is 5.75 Å². The van der Waals surface area contributed by atoms with E-state index in [0.717, 1.165) is 22.5 Å². The molecule has 28 heavy (non-hydrogen) atoms. The molecule has 0 spiro atoms. The van der Waals surface area contributed by atoms with Crippen molar-refractivity contribution in [1.82, 2.24) is 15.8 Å². The van der Waals surface area contributed by atoms with Crippen molar-refractivity contribution in [3.63, 3.8) is 0 Å². The second-order valence-electron chi connectivity index (χ2n) is 7.30. The maximum absolute atomic E-state index is 13.6. The first kappa shape index (κ1) is 20.1. The smallest absolute Gasteiger partial charge is 0.238 e. The van der Waals surface area contributed by atoms with Crippen molar-refractivity contribution in [3.05, 3.63) is 53.3 Å². The molecule has 1 fully saturated rings. The van der Waals surface area contributed by atoms with Gasteiger partial charge in [-0.15, -0.1) is 0 Å². The first-order valence-electron chi connectivity index (χ1n) is 9.13. The van der Waals surface area contributed by atoms with Crippen molar-refractivity contribution in [2.75, 3.05) is 31.3 Å². The molecule has 5 N–H and O–H groups in total. The topological polar surface area (TPSA) is 88.7 Å². The van der Waals surface area contributed by atoms with E-state index in [2.05, 4.69) is 21.5 Å². The molecule has 0 aromatic heterocycles. The van der Waals surface area contributed by atoms with Crippen LogP contribution in [0.4, 0.5) is 15.8 Å². The number of carbonyl (C=O) groups excluding carboxylic acids is 1. The Bertz CT molecular complexity index is 858. The molecule has 3 rings (SSSR count). The highest BCUT2D eigenvalue weighted by molar-refractivity contribution is 5.92. The number of phenols is 1. The monoisotopic (exact) mass is 387 g/mol. The van der Waals surface area contributed by atoms with Crippen molar-refractivity contribution in [2.24, 2.45) is 0 Å². The summed E-state index contributed by atoms with van der Waals surface area (Å²) in [5.41, 5.74) is 9.78. The predicted molar refractivity (Wildman–Crippen MR) is 107 cm³/mol. The molecule has 2 aromatic carbocycles. The number of hydrazine groups is 1. The minimum absolute atomic E-state index is 0.0465. The zero-order chi connectivity index (χ0) is 20.3. The molecular formula is C20H26FN5O2. The number of hydrogen-bond acceptors (Lipinski definition) is 6. The third-order valence-corrected chi connectivity index (χ3v) is 4.58. The van der Waals surface area contributed by atoms with E-state index in [1.165, 1.54) is 12.1 Å². The fourth-order valence-corrected chi connectivity index (χ4v) is 3.19. The van der Waals surface area contributed by atoms with Gasteiger partial charge in [0.05, 0.1) is 12.7 Å². The number of nitrogens with one attached hydrogen (secondary N) is 4. The third-order valence-electron chi connectivity index (χ3n) is 4.58. The van der Waals surface area contributed by atoms with E-state index in [9.17, 15) is 14.3 Å². The number of halogens is 1. The first-order chi connectivity index (χ1) is 13.3. The van der Waals surface area contributed by atoms with E-state index in [1.54, 1.807) is 6.07 Å². The maximum Gasteiger partial charge on any atom is 0.238 e. The SMILES string of the molecule is Cc1cc(NC(=O)CN(C)C)ccc1NC1CC(c2ccc(O)c(F)c2)NN1. The molecule has 2 unspecified atom stereocenters. The molecule has 1 saturated heterocycles. The van der Waals surface area contributed by atoms with Gasteiger partial charge in [-0.05, 0) is 62.5 Å². The molecule has 7 nitrogen and oxygen atoms in total. The Labute approximate surface area is 163 Å². The van der Waals surface area contributed by atoms with Gasteiger partial charge >= 0.3 is 0 Å². The van der Waals surface area contributed by atoms with Crippen LogP contribution in [0.25, 0.3) is 0 Å². The number of benzene rings is 2. The number of nitrogens with zero attached hydrogens (tertiary/aromatic N) is 1. The van der Waals surface area contributed by atoms with E-state index >= 15 is 0 Å². The van der Waals surface area contributed by atoms with Gasteiger partial charge in [-0.1, -0.05) is 6.07 Å². The van der Waals surface area contributed by atoms with Crippen molar-refractivity contribution in [2.45, 2.75) is 25.6 Å². The van der Waals surface area contributed by atoms with Gasteiger partial charge in [0.15, 0.2) is 11.6 Å². The molecule has 8 heteroatoms. The fourth-order valence-electron chi connectivity index (χ4n) is 3.19. The van der Waals surface area contributed by atoms with Gasteiger partial charge in [-0.25, -0.2) is 15.2 Å². The number of aryl methyl sites for hydroxylation is 1. The second kappa shape index (κ2) is 8.55. The maximum atomic E-state index is 13.6. The Balaban J connectivity index is 1.59. The zero-order valence-corrected chi connectivity index (χ0v) is 16.2. The summed E-state index contributed by atoms with van der Waals surface area (Å²) in [6, 6.07) is 10.0. The molecule has 2 aromatic rings. The molecule has 0 radical (unpaired) electrons. The highest BCUT2D eigenvalue weighted by Gasteiger charge is 2.25. The standard InChI is InChI=1S/C20H26FN5O2/c1-12-8-14(22-20(28)11-26(2)3)5-6-16(12)23-19-10-17(24-25-19)13-4-7-18(27)15(21)9-13/h4-9,17,19,23-25,27H,10-11H2,1-3H3,(H,22,28). The van der Waals surface area contributed by atoms with Crippen LogP contribution in [-0.2, 0) is 4.79 Å². The van der Waals surface area contributed by atoms with Crippen LogP contribution in [0.1, 0.15) is 23.6 Å². The molecule has 1 heterocycles. The number of anilines is 2. The Kier molecular flexibility index (Phi) is 6.13. The summed E-state index contributed by atoms with van der Waals surface area (Å²) >= 11 is 0. The highest BCUT2D eigenvalue weighted by atomic mass is 19.1. The number of hydrogen-bond donors (Lipinski definition) is 5. The number of likely N-dealkylation sites (N-methyl/N-ethyl adjacent to an activating group) is 1. The number of rotatable bonds is 6. The molecule has 0 aliphatic carbocycles. The number of aromatic hydroxyl groups is 1. The Morgan fingerprint density at radius 1 is 1.25 bits per heavy atom. The van der Waals surface area contributed by atoms with Crippen molar-refractivity contribution in [1.29, 1.82) is 0 Å². The van der Waals surface area contributed by atoms with Gasteiger partial charge in [-0.2, -0.15) is 0 Å². The van der Waals surface area contributed by atoms with Crippen LogP contribution in [-0.4, -0.2) is 42.7 Å². The van der Waals surface area contributed by atoms with Crippen molar-refractivity contribution < 1.29 is 14.3 Å². The van der Waals surface area contributed by atoms with E-state index in [-0.39, 0.29) is 23.9 Å². The van der Waals surface area contributed by atoms with Gasteiger partial charge in [0, 0.05) is 23.8 Å². The van der Waals surface area contributed by atoms with Crippen LogP contribution in [0.15, 0.2) is 36.4 Å². The zero-order valence-electron chi connectivity index (χ0n) is 16.2. The van der Waals surface area contributed by atoms with Crippen LogP contribution >= 0.6 is 0 Å². The molecule has 1 aliphatic heterocycles. The van der Waals surface area contributed by atoms with Crippen molar-refractivity contribution >= 4 is 17.3 Å². The molecule has 1 amide bonds. The van der Waals surface area contributed by atoms with E-state index < -0.39 is 5.82 Å². The summed E-state index contributed by atoms with van der Waals surface area (Å²) < 4.78 is 13.6. The fraction of sp³-hybridized carbons (Fsp3) is 0.350. The Morgan fingerprint density at radius 2 is 2.04 bits per heavy atom. The van der Waals surface area contributed by atoms with Gasteiger partial charge < -0.3 is 20.6 Å². The lowest BCUT2D eigenvalue weighted by atomic mass is 10.0. The normalized spacial score (nSPS) is 19.0. The third kappa shape index (κ3) is 4.98. The number of carbonyl (C=O) groups is 1. The summed E-state index contributed by atoms with van der Waals surface area (Å²) in [7, 11) is 3.70. The van der Waals surface area contributed by atoms with Gasteiger partial charge in [-0.3, -0.25) is 4.79 Å². The second-order valence-corrected chi connectivity index (χ2v) is 7.30. The molecule has 150 valence electrons. The average molecular weight is 387 g/mol. The van der Waals surface area contributed by atoms with Gasteiger partial charge in [0.2, 0.25) is 5.91 Å². The molecule has 0 bridgehead atoms. The summed E-state index contributed by atoms with van der Waals surface area (Å²) in [6.07, 6.45) is 0.653. The highest BCUT2D eigenvalue weighted by Crippen LogP contribution is 2.28. The van der Waals surface area contributed by atoms with Crippen LogP contribution in [0.5, 0.6) is 5.75 Å². The minimum Gasteiger partial charge on any atom is -0.505 e. The number of amides is 1. The van der Waals surface area contributed by atoms with Crippen LogP contribution in [0.3, 0.4) is 0 Å². The summed E-state index contributed by atoms with van der Waals surface area (Å²) in [4.78, 5) is 13.7.